The van der Waals surface area contributed by atoms with Crippen molar-refractivity contribution in [3.8, 4) is 5.75 Å². The number of aromatic hydroxyl groups is 1. The largest absolute Gasteiger partial charge is 0.508 e. The third-order valence-electron chi connectivity index (χ3n) is 7.93. The van der Waals surface area contributed by atoms with Gasteiger partial charge in [0.05, 0.1) is 25.7 Å². The molecule has 0 aliphatic heterocycles. The molecule has 0 aromatic heterocycles. The van der Waals surface area contributed by atoms with Crippen LogP contribution in [0.2, 0.25) is 0 Å². The minimum atomic E-state index is -1.18. The summed E-state index contributed by atoms with van der Waals surface area (Å²) in [5.41, 5.74) is 15.2. The zero-order valence-electron chi connectivity index (χ0n) is 28.2. The van der Waals surface area contributed by atoms with Crippen molar-refractivity contribution in [2.24, 2.45) is 11.5 Å². The fourth-order valence-electron chi connectivity index (χ4n) is 5.19. The van der Waals surface area contributed by atoms with Crippen molar-refractivity contribution >= 4 is 40.4 Å². The number of carbonyl (C=O) groups is 5. The number of ether oxygens (including phenoxy) is 1. The summed E-state index contributed by atoms with van der Waals surface area (Å²) >= 11 is 0. The molecule has 2 aromatic carbocycles. The molecule has 264 valence electrons. The molecule has 2 rings (SSSR count). The first-order valence-electron chi connectivity index (χ1n) is 15.9. The fraction of sp³-hybridized carbons (Fsp3) is 0.500. The van der Waals surface area contributed by atoms with Crippen molar-refractivity contribution in [3.63, 3.8) is 0 Å². The summed E-state index contributed by atoms with van der Waals surface area (Å²) in [6, 6.07) is 8.90. The van der Waals surface area contributed by atoms with Gasteiger partial charge in [0, 0.05) is 42.2 Å². The molecule has 7 N–H and O–H groups in total. The van der Waals surface area contributed by atoms with Crippen molar-refractivity contribution in [1.82, 2.24) is 15.5 Å². The number of nitrogens with zero attached hydrogens (tertiary/aromatic N) is 1. The van der Waals surface area contributed by atoms with Crippen molar-refractivity contribution < 1.29 is 38.0 Å². The number of carbonyl (C=O) groups excluding carboxylic acids is 5. The molecule has 0 fully saturated rings. The first-order valence-corrected chi connectivity index (χ1v) is 17.6. The van der Waals surface area contributed by atoms with Crippen LogP contribution in [0.15, 0.2) is 42.5 Å². The minimum Gasteiger partial charge on any atom is -0.508 e. The number of methoxy groups -OCH3 is 1. The predicted octanol–water partition coefficient (Wildman–Crippen LogP) is 0.907. The number of unbranched alkanes of at least 4 members (excludes halogenated alkanes) is 2. The number of hydrogen-bond acceptors (Lipinski definition) is 10. The van der Waals surface area contributed by atoms with Gasteiger partial charge in [-0.1, -0.05) is 36.8 Å². The maximum absolute atomic E-state index is 13.8. The summed E-state index contributed by atoms with van der Waals surface area (Å²) in [6.07, 6.45) is 3.48. The van der Waals surface area contributed by atoms with E-state index in [-0.39, 0.29) is 49.7 Å². The summed E-state index contributed by atoms with van der Waals surface area (Å²) in [4.78, 5) is 66.2. The highest BCUT2D eigenvalue weighted by Crippen LogP contribution is 2.22. The molecule has 0 heterocycles. The highest BCUT2D eigenvalue weighted by Gasteiger charge is 2.32. The number of benzene rings is 2. The van der Waals surface area contributed by atoms with Crippen molar-refractivity contribution in [2.75, 3.05) is 32.2 Å². The van der Waals surface area contributed by atoms with Gasteiger partial charge in [-0.3, -0.25) is 33.5 Å². The van der Waals surface area contributed by atoms with Crippen molar-refractivity contribution in [2.45, 2.75) is 76.9 Å². The Bertz CT molecular complexity index is 1410. The second kappa shape index (κ2) is 20.3. The summed E-state index contributed by atoms with van der Waals surface area (Å²) in [5, 5.41) is 14.8. The van der Waals surface area contributed by atoms with E-state index in [1.807, 2.05) is 6.07 Å². The van der Waals surface area contributed by atoms with Gasteiger partial charge in [0.2, 0.25) is 23.6 Å². The average molecular weight is 688 g/mol. The second-order valence-electron chi connectivity index (χ2n) is 11.8. The summed E-state index contributed by atoms with van der Waals surface area (Å²) < 4.78 is 16.2. The number of amides is 4. The van der Waals surface area contributed by atoms with Crippen LogP contribution in [-0.4, -0.2) is 94.1 Å². The average Bonchev–Trinajstić information content (AvgIpc) is 3.04. The fourth-order valence-corrected chi connectivity index (χ4v) is 5.77. The zero-order valence-corrected chi connectivity index (χ0v) is 29.0. The lowest BCUT2D eigenvalue weighted by Crippen LogP contribution is -2.56. The monoisotopic (exact) mass is 687 g/mol. The van der Waals surface area contributed by atoms with Crippen LogP contribution in [0.1, 0.15) is 54.4 Å². The van der Waals surface area contributed by atoms with Gasteiger partial charge in [-0.15, -0.1) is 0 Å². The predicted molar refractivity (Wildman–Crippen MR) is 183 cm³/mol. The Morgan fingerprint density at radius 1 is 0.917 bits per heavy atom. The van der Waals surface area contributed by atoms with Gasteiger partial charge in [-0.2, -0.15) is 0 Å². The molecule has 0 aliphatic carbocycles. The third-order valence-corrected chi connectivity index (χ3v) is 8.74. The van der Waals surface area contributed by atoms with Crippen LogP contribution in [0.4, 0.5) is 0 Å². The normalized spacial score (nSPS) is 13.5. The minimum absolute atomic E-state index is 0.0644. The van der Waals surface area contributed by atoms with Crippen LogP contribution in [0.3, 0.4) is 0 Å². The standard InChI is InChI=1S/C34H49N5O8S/c1-22-17-25(40)18-23(2)26(22)20-28(36)32(43)37-21-30(41)39(15-10-6-9-13-31(42)47-3)29(19-24-11-7-5-8-12-24)34(45)38-33(44)27(35)14-16-48(4)46/h5,7-8,11-12,17-18,27-29,40H,6,9-10,13-16,19-21,35-36H2,1-4H3,(H,37,43)(H,38,44,45)/t27?,28-,29-,48?/m0/s1. The molecule has 14 heteroatoms. The van der Waals surface area contributed by atoms with Gasteiger partial charge >= 0.3 is 5.97 Å². The smallest absolute Gasteiger partial charge is 0.305 e. The summed E-state index contributed by atoms with van der Waals surface area (Å²) in [6.45, 7) is 3.24. The van der Waals surface area contributed by atoms with E-state index in [2.05, 4.69) is 10.6 Å². The molecule has 0 spiro atoms. The lowest BCUT2D eigenvalue weighted by molar-refractivity contribution is -0.143. The van der Waals surface area contributed by atoms with E-state index in [9.17, 15) is 33.3 Å². The number of rotatable bonds is 19. The molecule has 0 aliphatic rings. The first kappa shape index (κ1) is 40.0. The second-order valence-corrected chi connectivity index (χ2v) is 13.3. The molecule has 2 aromatic rings. The molecule has 0 saturated carbocycles. The van der Waals surface area contributed by atoms with Crippen LogP contribution < -0.4 is 22.1 Å². The quantitative estimate of drug-likeness (QED) is 0.104. The molecule has 4 atom stereocenters. The Kier molecular flexibility index (Phi) is 16.9. The zero-order chi connectivity index (χ0) is 35.8. The van der Waals surface area contributed by atoms with Gasteiger partial charge < -0.3 is 31.5 Å². The molecule has 4 amide bonds. The molecular formula is C34H49N5O8S. The Morgan fingerprint density at radius 3 is 2.17 bits per heavy atom. The van der Waals surface area contributed by atoms with Crippen molar-refractivity contribution in [3.05, 3.63) is 64.7 Å². The number of aryl methyl sites for hydroxylation is 2. The number of nitrogens with one attached hydrogen (secondary N) is 2. The molecule has 0 bridgehead atoms. The van der Waals surface area contributed by atoms with Gasteiger partial charge in [0.25, 0.3) is 0 Å². The van der Waals surface area contributed by atoms with E-state index in [0.29, 0.717) is 19.3 Å². The first-order chi connectivity index (χ1) is 22.7. The van der Waals surface area contributed by atoms with E-state index >= 15 is 0 Å². The van der Waals surface area contributed by atoms with Gasteiger partial charge in [-0.05, 0) is 73.9 Å². The molecular weight excluding hydrogens is 638 g/mol. The molecule has 0 radical (unpaired) electrons. The van der Waals surface area contributed by atoms with Crippen LogP contribution in [0.25, 0.3) is 0 Å². The van der Waals surface area contributed by atoms with Gasteiger partial charge in [0.1, 0.15) is 11.8 Å². The van der Waals surface area contributed by atoms with E-state index in [1.165, 1.54) is 18.3 Å². The van der Waals surface area contributed by atoms with Crippen LogP contribution in [-0.2, 0) is 52.4 Å². The third kappa shape index (κ3) is 13.5. The van der Waals surface area contributed by atoms with Crippen LogP contribution >= 0.6 is 0 Å². The highest BCUT2D eigenvalue weighted by atomic mass is 32.2. The number of hydrogen-bond donors (Lipinski definition) is 5. The van der Waals surface area contributed by atoms with Crippen LogP contribution in [0.5, 0.6) is 5.75 Å². The molecule has 2 unspecified atom stereocenters. The lowest BCUT2D eigenvalue weighted by atomic mass is 9.96. The number of phenols is 1. The van der Waals surface area contributed by atoms with Crippen molar-refractivity contribution in [1.29, 1.82) is 0 Å². The number of imide groups is 1. The van der Waals surface area contributed by atoms with E-state index in [0.717, 1.165) is 22.3 Å². The summed E-state index contributed by atoms with van der Waals surface area (Å²) in [5.74, 6) is -2.73. The lowest BCUT2D eigenvalue weighted by Gasteiger charge is -2.31. The van der Waals surface area contributed by atoms with E-state index in [4.69, 9.17) is 16.2 Å². The molecule has 48 heavy (non-hydrogen) atoms. The Morgan fingerprint density at radius 2 is 1.56 bits per heavy atom. The van der Waals surface area contributed by atoms with E-state index < -0.39 is 59.1 Å². The number of nitrogens with two attached hydrogens (primary N) is 2. The Balaban J connectivity index is 2.27. The maximum atomic E-state index is 13.8. The van der Waals surface area contributed by atoms with Crippen LogP contribution in [0, 0.1) is 13.8 Å². The Hall–Kier alpha value is -4.14. The topological polar surface area (TPSA) is 211 Å². The number of esters is 1. The van der Waals surface area contributed by atoms with Gasteiger partial charge in [-0.25, -0.2) is 0 Å². The maximum Gasteiger partial charge on any atom is 0.305 e. The van der Waals surface area contributed by atoms with Gasteiger partial charge in [0.15, 0.2) is 0 Å². The number of phenolic OH excluding ortho intramolecular Hbond substituents is 1. The highest BCUT2D eigenvalue weighted by molar-refractivity contribution is 7.84. The molecule has 0 saturated heterocycles. The summed E-state index contributed by atoms with van der Waals surface area (Å²) in [7, 11) is 0.124. The molecule has 13 nitrogen and oxygen atoms in total. The Labute approximate surface area is 284 Å². The van der Waals surface area contributed by atoms with E-state index in [1.54, 1.807) is 50.2 Å². The SMILES string of the molecule is COC(=O)CCCCCN(C(=O)CNC(=O)[C@@H](N)Cc1c(C)cc(O)cc1C)[C@@H](Cc1ccccc1)C(=O)NC(=O)C(N)CCS(C)=O.